The van der Waals surface area contributed by atoms with E-state index < -0.39 is 9.84 Å². The van der Waals surface area contributed by atoms with Gasteiger partial charge in [0, 0.05) is 6.04 Å². The SMILES string of the molecule is CCCNC(C)CCS(=O)(=O)c1ccc2c(c1)CCC2. The zero-order valence-corrected chi connectivity index (χ0v) is 13.3. The van der Waals surface area contributed by atoms with Gasteiger partial charge in [0.05, 0.1) is 10.6 Å². The predicted molar refractivity (Wildman–Crippen MR) is 82.9 cm³/mol. The Morgan fingerprint density at radius 2 is 2.00 bits per heavy atom. The number of hydrogen-bond donors (Lipinski definition) is 1. The summed E-state index contributed by atoms with van der Waals surface area (Å²) >= 11 is 0. The van der Waals surface area contributed by atoms with Crippen molar-refractivity contribution < 1.29 is 8.42 Å². The van der Waals surface area contributed by atoms with Crippen molar-refractivity contribution in [1.82, 2.24) is 5.32 Å². The van der Waals surface area contributed by atoms with E-state index in [1.165, 1.54) is 11.1 Å². The molecule has 1 aliphatic rings. The third kappa shape index (κ3) is 3.83. The second-order valence-electron chi connectivity index (χ2n) is 5.75. The van der Waals surface area contributed by atoms with E-state index in [9.17, 15) is 8.42 Å². The summed E-state index contributed by atoms with van der Waals surface area (Å²) in [4.78, 5) is 0.501. The maximum absolute atomic E-state index is 12.4. The normalized spacial score (nSPS) is 16.1. The summed E-state index contributed by atoms with van der Waals surface area (Å²) in [6.07, 6.45) is 5.00. The lowest BCUT2D eigenvalue weighted by molar-refractivity contribution is 0.525. The molecule has 1 aliphatic carbocycles. The Bertz CT molecular complexity index is 552. The first-order valence-electron chi connectivity index (χ1n) is 7.61. The van der Waals surface area contributed by atoms with E-state index in [-0.39, 0.29) is 11.8 Å². The average Bonchev–Trinajstić information content (AvgIpc) is 2.90. The fourth-order valence-corrected chi connectivity index (χ4v) is 4.18. The van der Waals surface area contributed by atoms with Crippen molar-refractivity contribution in [3.8, 4) is 0 Å². The Kier molecular flexibility index (Phi) is 5.22. The second-order valence-corrected chi connectivity index (χ2v) is 7.86. The van der Waals surface area contributed by atoms with Gasteiger partial charge < -0.3 is 5.32 Å². The molecule has 0 saturated heterocycles. The van der Waals surface area contributed by atoms with Gasteiger partial charge in [-0.2, -0.15) is 0 Å². The maximum Gasteiger partial charge on any atom is 0.178 e. The van der Waals surface area contributed by atoms with Crippen LogP contribution < -0.4 is 5.32 Å². The highest BCUT2D eigenvalue weighted by atomic mass is 32.2. The van der Waals surface area contributed by atoms with Crippen LogP contribution in [0.4, 0.5) is 0 Å². The van der Waals surface area contributed by atoms with Gasteiger partial charge in [-0.1, -0.05) is 13.0 Å². The lowest BCUT2D eigenvalue weighted by atomic mass is 10.1. The third-order valence-corrected chi connectivity index (χ3v) is 5.74. The van der Waals surface area contributed by atoms with Crippen LogP contribution in [-0.4, -0.2) is 26.8 Å². The minimum Gasteiger partial charge on any atom is -0.314 e. The number of fused-ring (bicyclic) bond motifs is 1. The van der Waals surface area contributed by atoms with Crippen LogP contribution in [0.5, 0.6) is 0 Å². The first kappa shape index (κ1) is 15.5. The molecule has 1 aromatic rings. The summed E-state index contributed by atoms with van der Waals surface area (Å²) in [5.41, 5.74) is 2.55. The largest absolute Gasteiger partial charge is 0.314 e. The lowest BCUT2D eigenvalue weighted by Crippen LogP contribution is -2.28. The van der Waals surface area contributed by atoms with Crippen LogP contribution in [0.1, 0.15) is 44.2 Å². The van der Waals surface area contributed by atoms with E-state index in [4.69, 9.17) is 0 Å². The van der Waals surface area contributed by atoms with Crippen LogP contribution in [0.15, 0.2) is 23.1 Å². The Balaban J connectivity index is 2.00. The number of aryl methyl sites for hydroxylation is 2. The van der Waals surface area contributed by atoms with E-state index in [0.717, 1.165) is 32.2 Å². The minimum atomic E-state index is -3.14. The van der Waals surface area contributed by atoms with Gasteiger partial charge in [0.2, 0.25) is 0 Å². The molecule has 1 unspecified atom stereocenters. The number of nitrogens with one attached hydrogen (secondary N) is 1. The quantitative estimate of drug-likeness (QED) is 0.841. The molecular weight excluding hydrogens is 270 g/mol. The molecule has 0 aliphatic heterocycles. The topological polar surface area (TPSA) is 46.2 Å². The van der Waals surface area contributed by atoms with Crippen molar-refractivity contribution >= 4 is 9.84 Å². The van der Waals surface area contributed by atoms with Crippen LogP contribution in [0.25, 0.3) is 0 Å². The fraction of sp³-hybridized carbons (Fsp3) is 0.625. The van der Waals surface area contributed by atoms with Crippen molar-refractivity contribution in [1.29, 1.82) is 0 Å². The number of hydrogen-bond acceptors (Lipinski definition) is 3. The van der Waals surface area contributed by atoms with Gasteiger partial charge in [0.15, 0.2) is 9.84 Å². The Hall–Kier alpha value is -0.870. The molecule has 0 bridgehead atoms. The minimum absolute atomic E-state index is 0.226. The molecule has 20 heavy (non-hydrogen) atoms. The average molecular weight is 295 g/mol. The van der Waals surface area contributed by atoms with Gasteiger partial charge in [0.1, 0.15) is 0 Å². The van der Waals surface area contributed by atoms with E-state index in [1.807, 2.05) is 19.1 Å². The van der Waals surface area contributed by atoms with E-state index in [1.54, 1.807) is 6.07 Å². The summed E-state index contributed by atoms with van der Waals surface area (Å²) < 4.78 is 24.8. The molecule has 0 fully saturated rings. The molecule has 1 atom stereocenters. The first-order chi connectivity index (χ1) is 9.53. The predicted octanol–water partition coefficient (Wildman–Crippen LogP) is 2.73. The van der Waals surface area contributed by atoms with Gasteiger partial charge in [-0.3, -0.25) is 0 Å². The molecule has 1 aromatic carbocycles. The Labute approximate surface area is 122 Å². The molecule has 3 nitrogen and oxygen atoms in total. The number of benzene rings is 1. The molecule has 0 saturated carbocycles. The zero-order chi connectivity index (χ0) is 14.6. The Morgan fingerprint density at radius 3 is 2.75 bits per heavy atom. The van der Waals surface area contributed by atoms with Crippen molar-refractivity contribution in [3.05, 3.63) is 29.3 Å². The number of rotatable bonds is 7. The highest BCUT2D eigenvalue weighted by molar-refractivity contribution is 7.91. The first-order valence-corrected chi connectivity index (χ1v) is 9.26. The molecule has 0 aromatic heterocycles. The van der Waals surface area contributed by atoms with Crippen LogP contribution in [0.3, 0.4) is 0 Å². The molecule has 4 heteroatoms. The molecule has 1 N–H and O–H groups in total. The molecule has 0 amide bonds. The standard InChI is InChI=1S/C16H25NO2S/c1-3-10-17-13(2)9-11-20(18,19)16-8-7-14-5-4-6-15(14)12-16/h7-8,12-13,17H,3-6,9-11H2,1-2H3. The van der Waals surface area contributed by atoms with Gasteiger partial charge >= 0.3 is 0 Å². The van der Waals surface area contributed by atoms with Gasteiger partial charge in [0.25, 0.3) is 0 Å². The van der Waals surface area contributed by atoms with Gasteiger partial charge in [-0.15, -0.1) is 0 Å². The van der Waals surface area contributed by atoms with Crippen molar-refractivity contribution in [3.63, 3.8) is 0 Å². The molecule has 112 valence electrons. The van der Waals surface area contributed by atoms with Gasteiger partial charge in [-0.05, 0) is 68.8 Å². The summed E-state index contributed by atoms with van der Waals surface area (Å²) in [5, 5.41) is 3.33. The zero-order valence-electron chi connectivity index (χ0n) is 12.5. The van der Waals surface area contributed by atoms with Crippen molar-refractivity contribution in [2.24, 2.45) is 0 Å². The molecule has 0 spiro atoms. The molecule has 0 heterocycles. The smallest absolute Gasteiger partial charge is 0.178 e. The number of sulfone groups is 1. The van der Waals surface area contributed by atoms with Gasteiger partial charge in [-0.25, -0.2) is 8.42 Å². The second kappa shape index (κ2) is 6.72. The summed E-state index contributed by atoms with van der Waals surface area (Å²) in [7, 11) is -3.14. The lowest BCUT2D eigenvalue weighted by Gasteiger charge is -2.13. The third-order valence-electron chi connectivity index (χ3n) is 3.99. The van der Waals surface area contributed by atoms with Crippen LogP contribution in [-0.2, 0) is 22.7 Å². The summed E-state index contributed by atoms with van der Waals surface area (Å²) in [6.45, 7) is 5.11. The van der Waals surface area contributed by atoms with Crippen LogP contribution in [0, 0.1) is 0 Å². The highest BCUT2D eigenvalue weighted by Crippen LogP contribution is 2.25. The van der Waals surface area contributed by atoms with Crippen LogP contribution >= 0.6 is 0 Å². The van der Waals surface area contributed by atoms with Crippen molar-refractivity contribution in [2.45, 2.75) is 56.9 Å². The fourth-order valence-electron chi connectivity index (χ4n) is 2.68. The Morgan fingerprint density at radius 1 is 1.25 bits per heavy atom. The van der Waals surface area contributed by atoms with E-state index in [2.05, 4.69) is 12.2 Å². The summed E-state index contributed by atoms with van der Waals surface area (Å²) in [5.74, 6) is 0.226. The molecule has 0 radical (unpaired) electrons. The molecule has 2 rings (SSSR count). The van der Waals surface area contributed by atoms with E-state index in [0.29, 0.717) is 11.3 Å². The summed E-state index contributed by atoms with van der Waals surface area (Å²) in [6, 6.07) is 5.92. The maximum atomic E-state index is 12.4. The monoisotopic (exact) mass is 295 g/mol. The van der Waals surface area contributed by atoms with Crippen LogP contribution in [0.2, 0.25) is 0 Å². The molecular formula is C16H25NO2S. The van der Waals surface area contributed by atoms with Crippen molar-refractivity contribution in [2.75, 3.05) is 12.3 Å². The highest BCUT2D eigenvalue weighted by Gasteiger charge is 2.19. The van der Waals surface area contributed by atoms with E-state index >= 15 is 0 Å².